The summed E-state index contributed by atoms with van der Waals surface area (Å²) in [5, 5.41) is 3.12. The highest BCUT2D eigenvalue weighted by Crippen LogP contribution is 2.31. The molecule has 7 nitrogen and oxygen atoms in total. The number of esters is 1. The number of unbranched alkanes of at least 4 members (excludes halogenated alkanes) is 5. The van der Waals surface area contributed by atoms with Crippen molar-refractivity contribution in [1.82, 2.24) is 5.32 Å². The quantitative estimate of drug-likeness (QED) is 0.216. The number of benzene rings is 2. The van der Waals surface area contributed by atoms with E-state index in [0.29, 0.717) is 13.2 Å². The lowest BCUT2D eigenvalue weighted by molar-refractivity contribution is -0.232. The Hall–Kier alpha value is -2.74. The lowest BCUT2D eigenvalue weighted by Crippen LogP contribution is -2.65. The van der Waals surface area contributed by atoms with Crippen molar-refractivity contribution in [2.24, 2.45) is 0 Å². The maximum atomic E-state index is 12.4. The highest BCUT2D eigenvalue weighted by molar-refractivity contribution is 5.73. The third kappa shape index (κ3) is 10.7. The molecule has 0 radical (unpaired) electrons. The molecule has 2 aromatic carbocycles. The smallest absolute Gasteiger partial charge is 0.302 e. The van der Waals surface area contributed by atoms with Crippen LogP contribution in [0.5, 0.6) is 0 Å². The van der Waals surface area contributed by atoms with Crippen LogP contribution >= 0.6 is 0 Å². The van der Waals surface area contributed by atoms with Crippen LogP contribution in [-0.2, 0) is 41.8 Å². The molecule has 1 N–H and O–H groups in total. The van der Waals surface area contributed by atoms with E-state index in [2.05, 4.69) is 12.2 Å². The average Bonchev–Trinajstić information content (AvgIpc) is 2.93. The van der Waals surface area contributed by atoms with Crippen molar-refractivity contribution in [2.45, 2.75) is 109 Å². The van der Waals surface area contributed by atoms with Gasteiger partial charge in [0.2, 0.25) is 5.91 Å². The van der Waals surface area contributed by atoms with E-state index in [0.717, 1.165) is 30.4 Å². The molecule has 0 saturated carbocycles. The summed E-state index contributed by atoms with van der Waals surface area (Å²) in [6, 6.07) is 19.4. The number of carbonyl (C=O) groups excluding carboxylic acids is 2. The molecule has 0 bridgehead atoms. The molecule has 1 aliphatic rings. The Bertz CT molecular complexity index is 969. The van der Waals surface area contributed by atoms with Gasteiger partial charge in [0.15, 0.2) is 0 Å². The molecule has 1 saturated heterocycles. The van der Waals surface area contributed by atoms with Crippen molar-refractivity contribution in [2.75, 3.05) is 6.61 Å². The summed E-state index contributed by atoms with van der Waals surface area (Å²) in [6.45, 7) is 5.87. The molecule has 0 aliphatic carbocycles. The molecule has 1 fully saturated rings. The summed E-state index contributed by atoms with van der Waals surface area (Å²) in [4.78, 5) is 24.1. The SMILES string of the molecule is CCCCCCCC[C@@H]1O[C@H](COC(C)=O)[C@H](OCc2ccccc2)[C@H](OCc2ccccc2)[C@H]1NC(C)=O. The molecular weight excluding hydrogens is 494 g/mol. The van der Waals surface area contributed by atoms with Gasteiger partial charge in [-0.25, -0.2) is 0 Å². The highest BCUT2D eigenvalue weighted by Gasteiger charge is 2.48. The van der Waals surface area contributed by atoms with Crippen molar-refractivity contribution >= 4 is 11.9 Å². The maximum Gasteiger partial charge on any atom is 0.302 e. The second-order valence-electron chi connectivity index (χ2n) is 10.3. The molecule has 0 aromatic heterocycles. The van der Waals surface area contributed by atoms with Crippen LogP contribution in [0.15, 0.2) is 60.7 Å². The van der Waals surface area contributed by atoms with Gasteiger partial charge in [-0.3, -0.25) is 9.59 Å². The molecule has 0 unspecified atom stereocenters. The first kappa shape index (κ1) is 30.8. The predicted octanol–water partition coefficient (Wildman–Crippen LogP) is 5.74. The number of amides is 1. The molecule has 7 heteroatoms. The molecule has 1 heterocycles. The van der Waals surface area contributed by atoms with Crippen LogP contribution in [0.4, 0.5) is 0 Å². The van der Waals surface area contributed by atoms with E-state index in [9.17, 15) is 9.59 Å². The van der Waals surface area contributed by atoms with Crippen LogP contribution < -0.4 is 5.32 Å². The van der Waals surface area contributed by atoms with E-state index in [1.165, 1.54) is 39.5 Å². The molecule has 5 atom stereocenters. The Balaban J connectivity index is 1.84. The summed E-state index contributed by atoms with van der Waals surface area (Å²) >= 11 is 0. The molecular formula is C32H45NO6. The van der Waals surface area contributed by atoms with Crippen LogP contribution in [0, 0.1) is 0 Å². The Morgan fingerprint density at radius 3 is 1.90 bits per heavy atom. The topological polar surface area (TPSA) is 83.1 Å². The zero-order valence-electron chi connectivity index (χ0n) is 23.7. The molecule has 0 spiro atoms. The monoisotopic (exact) mass is 539 g/mol. The minimum absolute atomic E-state index is 0.0553. The first-order valence-electron chi connectivity index (χ1n) is 14.3. The second-order valence-corrected chi connectivity index (χ2v) is 10.3. The number of ether oxygens (including phenoxy) is 4. The Kier molecular flexibility index (Phi) is 13.5. The van der Waals surface area contributed by atoms with Crippen molar-refractivity contribution in [3.05, 3.63) is 71.8 Å². The van der Waals surface area contributed by atoms with Crippen LogP contribution in [0.2, 0.25) is 0 Å². The number of rotatable bonds is 16. The number of hydrogen-bond donors (Lipinski definition) is 1. The van der Waals surface area contributed by atoms with Gasteiger partial charge in [-0.1, -0.05) is 106 Å². The molecule has 1 aliphatic heterocycles. The maximum absolute atomic E-state index is 12.4. The third-order valence-corrected chi connectivity index (χ3v) is 7.03. The van der Waals surface area contributed by atoms with Crippen molar-refractivity contribution in [3.63, 3.8) is 0 Å². The second kappa shape index (κ2) is 17.1. The fourth-order valence-electron chi connectivity index (χ4n) is 5.06. The first-order valence-corrected chi connectivity index (χ1v) is 14.3. The summed E-state index contributed by atoms with van der Waals surface area (Å²) in [7, 11) is 0. The first-order chi connectivity index (χ1) is 19.0. The zero-order chi connectivity index (χ0) is 27.9. The molecule has 1 amide bonds. The van der Waals surface area contributed by atoms with Crippen molar-refractivity contribution in [1.29, 1.82) is 0 Å². The number of carbonyl (C=O) groups is 2. The summed E-state index contributed by atoms with van der Waals surface area (Å²) in [5.74, 6) is -0.524. The van der Waals surface area contributed by atoms with Crippen LogP contribution in [0.1, 0.15) is 76.8 Å². The van der Waals surface area contributed by atoms with Gasteiger partial charge in [-0.05, 0) is 17.5 Å². The van der Waals surface area contributed by atoms with Gasteiger partial charge in [0.05, 0.1) is 25.4 Å². The minimum Gasteiger partial charge on any atom is -0.463 e. The lowest BCUT2D eigenvalue weighted by atomic mass is 9.89. The fraction of sp³-hybridized carbons (Fsp3) is 0.562. The standard InChI is InChI=1S/C32H45NO6/c1-4-5-6-7-8-15-20-28-30(33-24(2)34)32(38-22-27-18-13-10-14-19-27)31(29(39-28)23-36-25(3)35)37-21-26-16-11-9-12-17-26/h9-14,16-19,28-32H,4-8,15,20-23H2,1-3H3,(H,33,34)/t28-,29+,30-,31-,32+/m0/s1. The Morgan fingerprint density at radius 1 is 0.769 bits per heavy atom. The lowest BCUT2D eigenvalue weighted by Gasteiger charge is -2.46. The summed E-state index contributed by atoms with van der Waals surface area (Å²) in [5.41, 5.74) is 2.03. The van der Waals surface area contributed by atoms with Gasteiger partial charge in [-0.2, -0.15) is 0 Å². The third-order valence-electron chi connectivity index (χ3n) is 7.03. The highest BCUT2D eigenvalue weighted by atomic mass is 16.6. The van der Waals surface area contributed by atoms with Crippen LogP contribution in [0.3, 0.4) is 0 Å². The number of hydrogen-bond acceptors (Lipinski definition) is 6. The Morgan fingerprint density at radius 2 is 1.33 bits per heavy atom. The van der Waals surface area contributed by atoms with Gasteiger partial charge in [0.25, 0.3) is 0 Å². The molecule has 2 aromatic rings. The largest absolute Gasteiger partial charge is 0.463 e. The van der Waals surface area contributed by atoms with E-state index in [4.69, 9.17) is 18.9 Å². The normalized spacial score (nSPS) is 22.8. The van der Waals surface area contributed by atoms with Crippen molar-refractivity contribution < 1.29 is 28.5 Å². The van der Waals surface area contributed by atoms with E-state index in [1.54, 1.807) is 0 Å². The molecule has 39 heavy (non-hydrogen) atoms. The van der Waals surface area contributed by atoms with Crippen LogP contribution in [-0.4, -0.2) is 48.9 Å². The number of nitrogens with one attached hydrogen (secondary N) is 1. The summed E-state index contributed by atoms with van der Waals surface area (Å²) in [6.07, 6.45) is 5.81. The zero-order valence-corrected chi connectivity index (χ0v) is 23.7. The van der Waals surface area contributed by atoms with E-state index in [-0.39, 0.29) is 24.6 Å². The van der Waals surface area contributed by atoms with Gasteiger partial charge in [0.1, 0.15) is 24.9 Å². The van der Waals surface area contributed by atoms with Gasteiger partial charge < -0.3 is 24.3 Å². The van der Waals surface area contributed by atoms with E-state index < -0.39 is 24.4 Å². The Labute approximate surface area is 233 Å². The average molecular weight is 540 g/mol. The minimum atomic E-state index is -0.564. The summed E-state index contributed by atoms with van der Waals surface area (Å²) < 4.78 is 25.0. The van der Waals surface area contributed by atoms with Gasteiger partial charge in [-0.15, -0.1) is 0 Å². The molecule has 214 valence electrons. The van der Waals surface area contributed by atoms with E-state index in [1.807, 2.05) is 60.7 Å². The van der Waals surface area contributed by atoms with Crippen LogP contribution in [0.25, 0.3) is 0 Å². The van der Waals surface area contributed by atoms with Gasteiger partial charge in [0, 0.05) is 13.8 Å². The fourth-order valence-corrected chi connectivity index (χ4v) is 5.06. The molecule has 3 rings (SSSR count). The van der Waals surface area contributed by atoms with Gasteiger partial charge >= 0.3 is 5.97 Å². The predicted molar refractivity (Wildman–Crippen MR) is 151 cm³/mol. The van der Waals surface area contributed by atoms with E-state index >= 15 is 0 Å². The van der Waals surface area contributed by atoms with Crippen molar-refractivity contribution in [3.8, 4) is 0 Å².